The quantitative estimate of drug-likeness (QED) is 0.823. The van der Waals surface area contributed by atoms with Crippen molar-refractivity contribution < 1.29 is 8.78 Å². The fourth-order valence-electron chi connectivity index (χ4n) is 2.07. The van der Waals surface area contributed by atoms with Crippen molar-refractivity contribution in [3.8, 4) is 0 Å². The Morgan fingerprint density at radius 3 is 3.00 bits per heavy atom. The fourth-order valence-corrected chi connectivity index (χ4v) is 2.07. The lowest BCUT2D eigenvalue weighted by molar-refractivity contribution is -0.0126. The molecule has 0 aliphatic heterocycles. The number of aromatic nitrogens is 2. The van der Waals surface area contributed by atoms with Crippen LogP contribution in [0.4, 0.5) is 8.78 Å². The van der Waals surface area contributed by atoms with Crippen LogP contribution in [0.2, 0.25) is 0 Å². The van der Waals surface area contributed by atoms with Gasteiger partial charge in [0, 0.05) is 24.1 Å². The molecule has 0 atom stereocenters. The summed E-state index contributed by atoms with van der Waals surface area (Å²) in [5.74, 6) is -2.53. The molecule has 2 rings (SSSR count). The van der Waals surface area contributed by atoms with E-state index in [0.29, 0.717) is 6.42 Å². The maximum atomic E-state index is 13.2. The average Bonchev–Trinajstić information content (AvgIpc) is 2.56. The summed E-state index contributed by atoms with van der Waals surface area (Å²) in [6.07, 6.45) is 3.16. The number of H-pyrrole nitrogens is 1. The van der Waals surface area contributed by atoms with Gasteiger partial charge in [0.1, 0.15) is 0 Å². The molecule has 0 amide bonds. The summed E-state index contributed by atoms with van der Waals surface area (Å²) in [6, 6.07) is 0. The van der Waals surface area contributed by atoms with Gasteiger partial charge in [-0.15, -0.1) is 0 Å². The van der Waals surface area contributed by atoms with Crippen molar-refractivity contribution in [1.82, 2.24) is 10.2 Å². The molecular weight excluding hydrogens is 198 g/mol. The van der Waals surface area contributed by atoms with Gasteiger partial charge in [0.05, 0.1) is 5.69 Å². The van der Waals surface area contributed by atoms with Crippen LogP contribution in [-0.2, 0) is 19.3 Å². The number of aryl methyl sites for hydroxylation is 2. The summed E-state index contributed by atoms with van der Waals surface area (Å²) in [7, 11) is 0. The second-order valence-electron chi connectivity index (χ2n) is 4.26. The van der Waals surface area contributed by atoms with Gasteiger partial charge in [-0.25, -0.2) is 8.78 Å². The highest BCUT2D eigenvalue weighted by Gasteiger charge is 2.36. The summed E-state index contributed by atoms with van der Waals surface area (Å²) in [5.41, 5.74) is 2.55. The van der Waals surface area contributed by atoms with E-state index in [-0.39, 0.29) is 12.8 Å². The zero-order valence-electron chi connectivity index (χ0n) is 8.95. The van der Waals surface area contributed by atoms with Gasteiger partial charge in [0.15, 0.2) is 0 Å². The lowest BCUT2D eigenvalue weighted by atomic mass is 9.91. The van der Waals surface area contributed by atoms with Crippen molar-refractivity contribution in [1.29, 1.82) is 0 Å². The molecule has 1 heterocycles. The largest absolute Gasteiger partial charge is 0.282 e. The van der Waals surface area contributed by atoms with Crippen LogP contribution in [-0.4, -0.2) is 16.1 Å². The van der Waals surface area contributed by atoms with Crippen molar-refractivity contribution in [2.45, 2.75) is 51.4 Å². The SMILES string of the molecule is CCCCc1n[nH]c2c1CC(F)(F)CC2. The summed E-state index contributed by atoms with van der Waals surface area (Å²) in [6.45, 7) is 2.09. The lowest BCUT2D eigenvalue weighted by Gasteiger charge is -2.21. The van der Waals surface area contributed by atoms with Crippen LogP contribution in [0.25, 0.3) is 0 Å². The van der Waals surface area contributed by atoms with E-state index in [9.17, 15) is 8.78 Å². The van der Waals surface area contributed by atoms with Gasteiger partial charge in [-0.3, -0.25) is 5.10 Å². The van der Waals surface area contributed by atoms with Gasteiger partial charge in [-0.2, -0.15) is 5.10 Å². The molecule has 84 valence electrons. The molecule has 0 saturated heterocycles. The molecule has 1 aliphatic carbocycles. The normalized spacial score (nSPS) is 18.9. The molecule has 0 fully saturated rings. The van der Waals surface area contributed by atoms with Crippen molar-refractivity contribution in [2.24, 2.45) is 0 Å². The highest BCUT2D eigenvalue weighted by atomic mass is 19.3. The van der Waals surface area contributed by atoms with Gasteiger partial charge >= 0.3 is 0 Å². The number of fused-ring (bicyclic) bond motifs is 1. The van der Waals surface area contributed by atoms with E-state index >= 15 is 0 Å². The minimum atomic E-state index is -2.53. The molecule has 4 heteroatoms. The predicted octanol–water partition coefficient (Wildman–Crippen LogP) is 2.88. The van der Waals surface area contributed by atoms with Crippen LogP contribution in [0.5, 0.6) is 0 Å². The summed E-state index contributed by atoms with van der Waals surface area (Å²) >= 11 is 0. The molecule has 15 heavy (non-hydrogen) atoms. The zero-order chi connectivity index (χ0) is 10.9. The molecule has 0 radical (unpaired) electrons. The lowest BCUT2D eigenvalue weighted by Crippen LogP contribution is -2.26. The van der Waals surface area contributed by atoms with Crippen LogP contribution in [0.3, 0.4) is 0 Å². The maximum Gasteiger partial charge on any atom is 0.252 e. The van der Waals surface area contributed by atoms with E-state index in [1.54, 1.807) is 0 Å². The van der Waals surface area contributed by atoms with Crippen molar-refractivity contribution in [2.75, 3.05) is 0 Å². The third-order valence-electron chi connectivity index (χ3n) is 2.98. The van der Waals surface area contributed by atoms with Gasteiger partial charge in [0.2, 0.25) is 0 Å². The Kier molecular flexibility index (Phi) is 2.76. The Hall–Kier alpha value is -0.930. The Morgan fingerprint density at radius 1 is 1.47 bits per heavy atom. The van der Waals surface area contributed by atoms with Gasteiger partial charge in [-0.05, 0) is 19.3 Å². The number of rotatable bonds is 3. The Labute approximate surface area is 88.1 Å². The van der Waals surface area contributed by atoms with E-state index in [0.717, 1.165) is 36.2 Å². The first kappa shape index (κ1) is 10.6. The number of alkyl halides is 2. The molecule has 0 bridgehead atoms. The highest BCUT2D eigenvalue weighted by Crippen LogP contribution is 2.33. The molecule has 0 unspecified atom stereocenters. The predicted molar refractivity (Wildman–Crippen MR) is 54.2 cm³/mol. The Balaban J connectivity index is 2.18. The smallest absolute Gasteiger partial charge is 0.252 e. The fraction of sp³-hybridized carbons (Fsp3) is 0.727. The molecule has 0 aromatic carbocycles. The maximum absolute atomic E-state index is 13.2. The van der Waals surface area contributed by atoms with Crippen molar-refractivity contribution in [3.63, 3.8) is 0 Å². The topological polar surface area (TPSA) is 28.7 Å². The molecule has 1 aliphatic rings. The Morgan fingerprint density at radius 2 is 2.27 bits per heavy atom. The van der Waals surface area contributed by atoms with E-state index in [1.807, 2.05) is 0 Å². The number of nitrogens with zero attached hydrogens (tertiary/aromatic N) is 1. The van der Waals surface area contributed by atoms with Crippen LogP contribution < -0.4 is 0 Å². The van der Waals surface area contributed by atoms with Gasteiger partial charge in [0.25, 0.3) is 5.92 Å². The summed E-state index contributed by atoms with van der Waals surface area (Å²) in [4.78, 5) is 0. The number of hydrogen-bond acceptors (Lipinski definition) is 1. The van der Waals surface area contributed by atoms with Crippen LogP contribution in [0.1, 0.15) is 43.1 Å². The van der Waals surface area contributed by atoms with E-state index in [1.165, 1.54) is 0 Å². The van der Waals surface area contributed by atoms with E-state index in [2.05, 4.69) is 17.1 Å². The molecule has 0 spiro atoms. The molecule has 1 N–H and O–H groups in total. The van der Waals surface area contributed by atoms with Crippen LogP contribution in [0, 0.1) is 0 Å². The monoisotopic (exact) mass is 214 g/mol. The molecular formula is C11H16F2N2. The van der Waals surface area contributed by atoms with E-state index < -0.39 is 5.92 Å². The van der Waals surface area contributed by atoms with E-state index in [4.69, 9.17) is 0 Å². The number of hydrogen-bond donors (Lipinski definition) is 1. The first-order chi connectivity index (χ1) is 7.12. The standard InChI is InChI=1S/C11H16F2N2/c1-2-3-4-9-8-7-11(12,13)6-5-10(8)15-14-9/h2-7H2,1H3,(H,14,15). The summed E-state index contributed by atoms with van der Waals surface area (Å²) < 4.78 is 26.4. The minimum absolute atomic E-state index is 0.0462. The number of aromatic amines is 1. The number of nitrogens with one attached hydrogen (secondary N) is 1. The average molecular weight is 214 g/mol. The third-order valence-corrected chi connectivity index (χ3v) is 2.98. The van der Waals surface area contributed by atoms with Gasteiger partial charge < -0.3 is 0 Å². The Bertz CT molecular complexity index is 344. The first-order valence-corrected chi connectivity index (χ1v) is 5.55. The molecule has 1 aromatic heterocycles. The molecule has 0 saturated carbocycles. The highest BCUT2D eigenvalue weighted by molar-refractivity contribution is 5.29. The number of halogens is 2. The third kappa shape index (κ3) is 2.19. The van der Waals surface area contributed by atoms with Gasteiger partial charge in [-0.1, -0.05) is 13.3 Å². The minimum Gasteiger partial charge on any atom is -0.282 e. The summed E-state index contributed by atoms with van der Waals surface area (Å²) in [5, 5.41) is 7.03. The second kappa shape index (κ2) is 3.91. The van der Waals surface area contributed by atoms with Crippen LogP contribution in [0.15, 0.2) is 0 Å². The molecule has 2 nitrogen and oxygen atoms in total. The zero-order valence-corrected chi connectivity index (χ0v) is 8.95. The van der Waals surface area contributed by atoms with Crippen molar-refractivity contribution in [3.05, 3.63) is 17.0 Å². The van der Waals surface area contributed by atoms with Crippen molar-refractivity contribution >= 4 is 0 Å². The first-order valence-electron chi connectivity index (χ1n) is 5.55. The second-order valence-corrected chi connectivity index (χ2v) is 4.26. The number of unbranched alkanes of at least 4 members (excludes halogenated alkanes) is 1. The molecule has 1 aromatic rings. The van der Waals surface area contributed by atoms with Crippen LogP contribution >= 0.6 is 0 Å².